The second kappa shape index (κ2) is 10.5. The molecule has 0 aromatic carbocycles. The Balaban J connectivity index is 1.77. The van der Waals surface area contributed by atoms with Crippen LogP contribution < -0.4 is 5.32 Å². The first-order valence-corrected chi connectivity index (χ1v) is 10.1. The normalized spacial score (nSPS) is 21.5. The summed E-state index contributed by atoms with van der Waals surface area (Å²) in [4.78, 5) is 42.7. The van der Waals surface area contributed by atoms with Gasteiger partial charge in [-0.05, 0) is 25.7 Å². The van der Waals surface area contributed by atoms with E-state index in [4.69, 9.17) is 0 Å². The molecular formula is C19H34N4O3. The van der Waals surface area contributed by atoms with E-state index in [1.807, 2.05) is 23.6 Å². The lowest BCUT2D eigenvalue weighted by molar-refractivity contribution is -0.142. The molecule has 1 unspecified atom stereocenters. The van der Waals surface area contributed by atoms with Crippen LogP contribution in [0.25, 0.3) is 0 Å². The van der Waals surface area contributed by atoms with Gasteiger partial charge in [0.05, 0.1) is 12.5 Å². The standard InChI is InChI=1S/C19H34N4O3/c1-3-6-18(25)23-9-5-7-16(14-23)19(26)22-12-10-21(11-13-22)15-17(24)20-8-4-2/h16H,3-15H2,1-2H3,(H,20,24). The molecule has 1 N–H and O–H groups in total. The average Bonchev–Trinajstić information content (AvgIpc) is 2.66. The topological polar surface area (TPSA) is 73.0 Å². The Morgan fingerprint density at radius 1 is 0.962 bits per heavy atom. The summed E-state index contributed by atoms with van der Waals surface area (Å²) >= 11 is 0. The Morgan fingerprint density at radius 3 is 2.35 bits per heavy atom. The van der Waals surface area contributed by atoms with E-state index in [1.165, 1.54) is 0 Å². The van der Waals surface area contributed by atoms with Gasteiger partial charge in [0.25, 0.3) is 0 Å². The van der Waals surface area contributed by atoms with E-state index < -0.39 is 0 Å². The zero-order valence-corrected chi connectivity index (χ0v) is 16.3. The number of hydrogen-bond donors (Lipinski definition) is 1. The molecule has 2 saturated heterocycles. The number of rotatable bonds is 7. The van der Waals surface area contributed by atoms with Crippen LogP contribution in [-0.2, 0) is 14.4 Å². The van der Waals surface area contributed by atoms with Gasteiger partial charge in [0.1, 0.15) is 0 Å². The number of carbonyl (C=O) groups is 3. The fourth-order valence-electron chi connectivity index (χ4n) is 3.69. The van der Waals surface area contributed by atoms with Crippen LogP contribution in [0.15, 0.2) is 0 Å². The van der Waals surface area contributed by atoms with Crippen molar-refractivity contribution in [3.63, 3.8) is 0 Å². The molecule has 0 aromatic rings. The van der Waals surface area contributed by atoms with Crippen LogP contribution in [-0.4, -0.2) is 84.8 Å². The van der Waals surface area contributed by atoms with Crippen molar-refractivity contribution in [3.8, 4) is 0 Å². The molecule has 1 atom stereocenters. The first-order chi connectivity index (χ1) is 12.5. The third-order valence-electron chi connectivity index (χ3n) is 5.21. The predicted molar refractivity (Wildman–Crippen MR) is 101 cm³/mol. The van der Waals surface area contributed by atoms with E-state index in [0.29, 0.717) is 39.1 Å². The second-order valence-electron chi connectivity index (χ2n) is 7.38. The van der Waals surface area contributed by atoms with Crippen molar-refractivity contribution in [1.82, 2.24) is 20.0 Å². The van der Waals surface area contributed by atoms with Crippen LogP contribution in [0.3, 0.4) is 0 Å². The smallest absolute Gasteiger partial charge is 0.234 e. The fraction of sp³-hybridized carbons (Fsp3) is 0.842. The van der Waals surface area contributed by atoms with Crippen molar-refractivity contribution in [2.45, 2.75) is 46.0 Å². The quantitative estimate of drug-likeness (QED) is 0.720. The van der Waals surface area contributed by atoms with Crippen molar-refractivity contribution in [2.24, 2.45) is 5.92 Å². The van der Waals surface area contributed by atoms with Crippen molar-refractivity contribution in [1.29, 1.82) is 0 Å². The molecule has 26 heavy (non-hydrogen) atoms. The molecule has 0 spiro atoms. The summed E-state index contributed by atoms with van der Waals surface area (Å²) in [6.07, 6.45) is 4.13. The highest BCUT2D eigenvalue weighted by atomic mass is 16.2. The van der Waals surface area contributed by atoms with Crippen molar-refractivity contribution in [2.75, 3.05) is 52.4 Å². The van der Waals surface area contributed by atoms with Gasteiger partial charge in [0.2, 0.25) is 17.7 Å². The molecule has 7 nitrogen and oxygen atoms in total. The first kappa shape index (κ1) is 20.7. The van der Waals surface area contributed by atoms with Crippen molar-refractivity contribution in [3.05, 3.63) is 0 Å². The molecule has 0 bridgehead atoms. The van der Waals surface area contributed by atoms with Gasteiger partial charge in [-0.1, -0.05) is 13.8 Å². The zero-order valence-electron chi connectivity index (χ0n) is 16.3. The lowest BCUT2D eigenvalue weighted by Gasteiger charge is -2.38. The van der Waals surface area contributed by atoms with Gasteiger partial charge < -0.3 is 15.1 Å². The van der Waals surface area contributed by atoms with Gasteiger partial charge in [-0.3, -0.25) is 19.3 Å². The maximum atomic E-state index is 12.8. The zero-order chi connectivity index (χ0) is 18.9. The molecule has 0 radical (unpaired) electrons. The van der Waals surface area contributed by atoms with E-state index in [-0.39, 0.29) is 23.6 Å². The molecule has 7 heteroatoms. The van der Waals surface area contributed by atoms with Crippen LogP contribution in [0, 0.1) is 5.92 Å². The number of piperazine rings is 1. The summed E-state index contributed by atoms with van der Waals surface area (Å²) in [7, 11) is 0. The number of carbonyl (C=O) groups excluding carboxylic acids is 3. The maximum absolute atomic E-state index is 12.8. The van der Waals surface area contributed by atoms with Gasteiger partial charge in [0, 0.05) is 52.2 Å². The molecule has 2 aliphatic rings. The lowest BCUT2D eigenvalue weighted by Crippen LogP contribution is -2.54. The molecule has 148 valence electrons. The van der Waals surface area contributed by atoms with Gasteiger partial charge in [-0.2, -0.15) is 0 Å². The molecule has 2 heterocycles. The third-order valence-corrected chi connectivity index (χ3v) is 5.21. The monoisotopic (exact) mass is 366 g/mol. The van der Waals surface area contributed by atoms with E-state index in [1.54, 1.807) is 0 Å². The first-order valence-electron chi connectivity index (χ1n) is 10.1. The van der Waals surface area contributed by atoms with Gasteiger partial charge in [-0.15, -0.1) is 0 Å². The van der Waals surface area contributed by atoms with Gasteiger partial charge >= 0.3 is 0 Å². The van der Waals surface area contributed by atoms with Crippen LogP contribution >= 0.6 is 0 Å². The van der Waals surface area contributed by atoms with Crippen LogP contribution in [0.5, 0.6) is 0 Å². The number of nitrogens with one attached hydrogen (secondary N) is 1. The molecular weight excluding hydrogens is 332 g/mol. The largest absolute Gasteiger partial charge is 0.355 e. The number of piperidine rings is 1. The molecule has 3 amide bonds. The molecule has 0 aliphatic carbocycles. The highest BCUT2D eigenvalue weighted by Crippen LogP contribution is 2.20. The summed E-state index contributed by atoms with van der Waals surface area (Å²) in [5.74, 6) is 0.343. The Hall–Kier alpha value is -1.63. The predicted octanol–water partition coefficient (Wildman–Crippen LogP) is 0.696. The number of amides is 3. The van der Waals surface area contributed by atoms with Crippen molar-refractivity contribution < 1.29 is 14.4 Å². The minimum Gasteiger partial charge on any atom is -0.355 e. The van der Waals surface area contributed by atoms with E-state index in [0.717, 1.165) is 45.3 Å². The minimum atomic E-state index is -0.0658. The van der Waals surface area contributed by atoms with E-state index in [9.17, 15) is 14.4 Å². The Morgan fingerprint density at radius 2 is 1.69 bits per heavy atom. The summed E-state index contributed by atoms with van der Waals surface area (Å²) in [5.41, 5.74) is 0. The minimum absolute atomic E-state index is 0.0592. The number of likely N-dealkylation sites (tertiary alicyclic amines) is 1. The maximum Gasteiger partial charge on any atom is 0.234 e. The Labute approximate surface area is 157 Å². The molecule has 0 aromatic heterocycles. The number of nitrogens with zero attached hydrogens (tertiary/aromatic N) is 3. The van der Waals surface area contributed by atoms with Crippen LogP contribution in [0.2, 0.25) is 0 Å². The van der Waals surface area contributed by atoms with Gasteiger partial charge in [0.15, 0.2) is 0 Å². The summed E-state index contributed by atoms with van der Waals surface area (Å²) in [6, 6.07) is 0. The third kappa shape index (κ3) is 5.97. The van der Waals surface area contributed by atoms with Crippen LogP contribution in [0.4, 0.5) is 0 Å². The summed E-state index contributed by atoms with van der Waals surface area (Å²) in [6.45, 7) is 9.31. The fourth-order valence-corrected chi connectivity index (χ4v) is 3.69. The average molecular weight is 367 g/mol. The van der Waals surface area contributed by atoms with Gasteiger partial charge in [-0.25, -0.2) is 0 Å². The molecule has 2 fully saturated rings. The highest BCUT2D eigenvalue weighted by Gasteiger charge is 2.32. The lowest BCUT2D eigenvalue weighted by atomic mass is 9.95. The molecule has 2 rings (SSSR count). The second-order valence-corrected chi connectivity index (χ2v) is 7.38. The number of hydrogen-bond acceptors (Lipinski definition) is 4. The molecule has 2 aliphatic heterocycles. The SMILES string of the molecule is CCCNC(=O)CN1CCN(C(=O)C2CCCN(C(=O)CCC)C2)CC1. The highest BCUT2D eigenvalue weighted by molar-refractivity contribution is 5.81. The summed E-state index contributed by atoms with van der Waals surface area (Å²) in [5, 5.41) is 2.89. The van der Waals surface area contributed by atoms with Crippen LogP contribution in [0.1, 0.15) is 46.0 Å². The summed E-state index contributed by atoms with van der Waals surface area (Å²) < 4.78 is 0. The molecule has 0 saturated carbocycles. The van der Waals surface area contributed by atoms with E-state index >= 15 is 0 Å². The van der Waals surface area contributed by atoms with E-state index in [2.05, 4.69) is 10.2 Å². The van der Waals surface area contributed by atoms with Crippen molar-refractivity contribution >= 4 is 17.7 Å². The Bertz CT molecular complexity index is 489. The Kier molecular flexibility index (Phi) is 8.35.